The van der Waals surface area contributed by atoms with Crippen LogP contribution in [0.25, 0.3) is 5.76 Å². The number of hydrogen-bond acceptors (Lipinski definition) is 5. The zero-order chi connectivity index (χ0) is 21.1. The van der Waals surface area contributed by atoms with Gasteiger partial charge in [-0.3, -0.25) is 19.7 Å². The van der Waals surface area contributed by atoms with E-state index in [9.17, 15) is 24.8 Å². The summed E-state index contributed by atoms with van der Waals surface area (Å²) in [6.45, 7) is 0.905. The van der Waals surface area contributed by atoms with Crippen molar-refractivity contribution in [1.29, 1.82) is 0 Å². The van der Waals surface area contributed by atoms with E-state index in [0.29, 0.717) is 24.2 Å². The topological polar surface area (TPSA) is 105 Å². The second-order valence-corrected chi connectivity index (χ2v) is 7.16. The van der Waals surface area contributed by atoms with Crippen LogP contribution < -0.4 is 4.90 Å². The van der Waals surface area contributed by atoms with Crippen LogP contribution in [0.1, 0.15) is 17.2 Å². The van der Waals surface area contributed by atoms with Crippen LogP contribution in [0.15, 0.2) is 60.2 Å². The van der Waals surface area contributed by atoms with Crippen LogP contribution in [0, 0.1) is 10.1 Å². The van der Waals surface area contributed by atoms with Gasteiger partial charge in [-0.05, 0) is 17.7 Å². The summed E-state index contributed by atoms with van der Waals surface area (Å²) in [6, 6.07) is 13.4. The lowest BCUT2D eigenvalue weighted by atomic mass is 9.95. The molecule has 1 fully saturated rings. The fourth-order valence-corrected chi connectivity index (χ4v) is 3.33. The molecule has 0 spiro atoms. The Kier molecular flexibility index (Phi) is 5.74. The molecule has 1 atom stereocenters. The molecule has 29 heavy (non-hydrogen) atoms. The highest BCUT2D eigenvalue weighted by molar-refractivity contribution is 6.46. The number of nitrogens with zero attached hydrogens (tertiary/aromatic N) is 2. The number of likely N-dealkylation sites (N-methyl/N-ethyl adjacent to an activating group) is 1. The van der Waals surface area contributed by atoms with E-state index in [1.807, 2.05) is 14.1 Å². The number of hydrogen-bond donors (Lipinski definition) is 2. The monoisotopic (exact) mass is 396 g/mol. The molecule has 150 valence electrons. The van der Waals surface area contributed by atoms with Gasteiger partial charge in [0.2, 0.25) is 0 Å². The Morgan fingerprint density at radius 2 is 1.72 bits per heavy atom. The first kappa shape index (κ1) is 20.2. The number of carbonyl (C=O) groups excluding carboxylic acids is 2. The van der Waals surface area contributed by atoms with Gasteiger partial charge in [0.25, 0.3) is 17.4 Å². The van der Waals surface area contributed by atoms with E-state index in [1.165, 1.54) is 29.2 Å². The number of Topliss-reactive ketones (excluding diaryl/α,β-unsaturated/α-hetero) is 1. The number of carbonyl (C=O) groups is 2. The number of non-ortho nitro benzene ring substituents is 1. The third-order valence-corrected chi connectivity index (χ3v) is 4.86. The van der Waals surface area contributed by atoms with E-state index < -0.39 is 22.7 Å². The van der Waals surface area contributed by atoms with E-state index in [4.69, 9.17) is 0 Å². The number of aliphatic hydroxyl groups is 1. The summed E-state index contributed by atoms with van der Waals surface area (Å²) in [7, 11) is 3.86. The molecule has 0 bridgehead atoms. The molecule has 3 rings (SSSR count). The molecule has 1 unspecified atom stereocenters. The second-order valence-electron chi connectivity index (χ2n) is 7.16. The van der Waals surface area contributed by atoms with Gasteiger partial charge in [-0.2, -0.15) is 0 Å². The van der Waals surface area contributed by atoms with E-state index in [-0.39, 0.29) is 17.0 Å². The molecule has 0 aromatic heterocycles. The lowest BCUT2D eigenvalue weighted by molar-refractivity contribution is -0.857. The Hall–Kier alpha value is -3.52. The largest absolute Gasteiger partial charge is 0.507 e. The average molecular weight is 396 g/mol. The van der Waals surface area contributed by atoms with Crippen molar-refractivity contribution in [3.05, 3.63) is 81.4 Å². The van der Waals surface area contributed by atoms with Gasteiger partial charge in [0, 0.05) is 17.7 Å². The molecular formula is C21H22N3O5+. The third kappa shape index (κ3) is 4.02. The summed E-state index contributed by atoms with van der Waals surface area (Å²) >= 11 is 0. The van der Waals surface area contributed by atoms with Crippen molar-refractivity contribution in [1.82, 2.24) is 4.90 Å². The van der Waals surface area contributed by atoms with Crippen LogP contribution in [-0.2, 0) is 9.59 Å². The van der Waals surface area contributed by atoms with Gasteiger partial charge in [-0.1, -0.05) is 30.3 Å². The summed E-state index contributed by atoms with van der Waals surface area (Å²) in [5, 5.41) is 21.8. The van der Waals surface area contributed by atoms with Crippen molar-refractivity contribution in [3.8, 4) is 0 Å². The Morgan fingerprint density at radius 1 is 1.10 bits per heavy atom. The first-order valence-corrected chi connectivity index (χ1v) is 9.18. The molecule has 2 aromatic rings. The van der Waals surface area contributed by atoms with Gasteiger partial charge in [0.05, 0.1) is 43.7 Å². The molecular weight excluding hydrogens is 374 g/mol. The standard InChI is InChI=1S/C21H21N3O5/c1-22(2)12-13-23-18(14-8-10-16(11-9-14)24(28)29)17(20(26)21(23)27)19(25)15-6-4-3-5-7-15/h3-11,18,25H,12-13H2,1-2H3/p+1. The first-order chi connectivity index (χ1) is 13.8. The van der Waals surface area contributed by atoms with Crippen molar-refractivity contribution < 1.29 is 24.5 Å². The van der Waals surface area contributed by atoms with Gasteiger partial charge in [-0.25, -0.2) is 0 Å². The summed E-state index contributed by atoms with van der Waals surface area (Å²) in [4.78, 5) is 38.5. The van der Waals surface area contributed by atoms with Gasteiger partial charge >= 0.3 is 0 Å². The van der Waals surface area contributed by atoms with Crippen molar-refractivity contribution >= 4 is 23.1 Å². The second kappa shape index (κ2) is 8.24. The van der Waals surface area contributed by atoms with E-state index in [0.717, 1.165) is 4.90 Å². The molecule has 0 aliphatic carbocycles. The molecule has 2 N–H and O–H groups in total. The van der Waals surface area contributed by atoms with Crippen LogP contribution in [0.5, 0.6) is 0 Å². The number of benzene rings is 2. The summed E-state index contributed by atoms with van der Waals surface area (Å²) in [6.07, 6.45) is 0. The summed E-state index contributed by atoms with van der Waals surface area (Å²) < 4.78 is 0. The predicted molar refractivity (Wildman–Crippen MR) is 106 cm³/mol. The zero-order valence-corrected chi connectivity index (χ0v) is 16.2. The molecule has 0 saturated carbocycles. The van der Waals surface area contributed by atoms with E-state index in [2.05, 4.69) is 0 Å². The van der Waals surface area contributed by atoms with E-state index >= 15 is 0 Å². The maximum Gasteiger partial charge on any atom is 0.295 e. The molecule has 1 amide bonds. The van der Waals surface area contributed by atoms with Crippen molar-refractivity contribution in [2.75, 3.05) is 27.2 Å². The van der Waals surface area contributed by atoms with Gasteiger partial charge < -0.3 is 14.9 Å². The van der Waals surface area contributed by atoms with Crippen LogP contribution in [0.2, 0.25) is 0 Å². The highest BCUT2D eigenvalue weighted by atomic mass is 16.6. The Morgan fingerprint density at radius 3 is 2.28 bits per heavy atom. The number of likely N-dealkylation sites (tertiary alicyclic amines) is 1. The van der Waals surface area contributed by atoms with Crippen molar-refractivity contribution in [3.63, 3.8) is 0 Å². The van der Waals surface area contributed by atoms with E-state index in [1.54, 1.807) is 30.3 Å². The molecule has 0 radical (unpaired) electrons. The molecule has 1 aliphatic rings. The van der Waals surface area contributed by atoms with Crippen LogP contribution >= 0.6 is 0 Å². The maximum absolute atomic E-state index is 12.8. The number of rotatable bonds is 6. The smallest absolute Gasteiger partial charge is 0.295 e. The normalized spacial score (nSPS) is 18.4. The zero-order valence-electron chi connectivity index (χ0n) is 16.2. The SMILES string of the molecule is C[NH+](C)CCN1C(=O)C(=O)C(=C(O)c2ccccc2)C1c1ccc([N+](=O)[O-])cc1. The Labute approximate surface area is 167 Å². The van der Waals surface area contributed by atoms with Crippen LogP contribution in [0.3, 0.4) is 0 Å². The number of amides is 1. The third-order valence-electron chi connectivity index (χ3n) is 4.86. The Balaban J connectivity index is 2.13. The molecule has 8 heteroatoms. The van der Waals surface area contributed by atoms with Crippen molar-refractivity contribution in [2.45, 2.75) is 6.04 Å². The van der Waals surface area contributed by atoms with Gasteiger partial charge in [-0.15, -0.1) is 0 Å². The van der Waals surface area contributed by atoms with Crippen LogP contribution in [-0.4, -0.2) is 53.8 Å². The number of nitro benzene ring substituents is 1. The van der Waals surface area contributed by atoms with Crippen molar-refractivity contribution in [2.24, 2.45) is 0 Å². The minimum Gasteiger partial charge on any atom is -0.507 e. The minimum atomic E-state index is -0.810. The first-order valence-electron chi connectivity index (χ1n) is 9.18. The molecule has 2 aromatic carbocycles. The summed E-state index contributed by atoms with van der Waals surface area (Å²) in [5.74, 6) is -1.71. The number of nitrogens with one attached hydrogen (secondary N) is 1. The molecule has 8 nitrogen and oxygen atoms in total. The molecule has 1 saturated heterocycles. The van der Waals surface area contributed by atoms with Gasteiger partial charge in [0.15, 0.2) is 0 Å². The molecule has 1 aliphatic heterocycles. The number of aliphatic hydroxyl groups excluding tert-OH is 1. The fraction of sp³-hybridized carbons (Fsp3) is 0.238. The maximum atomic E-state index is 12.8. The van der Waals surface area contributed by atoms with Gasteiger partial charge in [0.1, 0.15) is 5.76 Å². The highest BCUT2D eigenvalue weighted by Gasteiger charge is 2.46. The highest BCUT2D eigenvalue weighted by Crippen LogP contribution is 2.39. The number of quaternary nitrogens is 1. The lowest BCUT2D eigenvalue weighted by Gasteiger charge is -2.25. The molecule has 1 heterocycles. The average Bonchev–Trinajstić information content (AvgIpc) is 2.97. The number of ketones is 1. The quantitative estimate of drug-likeness (QED) is 0.251. The minimum absolute atomic E-state index is 0.0104. The Bertz CT molecular complexity index is 968. The fourth-order valence-electron chi connectivity index (χ4n) is 3.33. The summed E-state index contributed by atoms with van der Waals surface area (Å²) in [5.41, 5.74) is 0.854. The number of nitro groups is 1. The lowest BCUT2D eigenvalue weighted by Crippen LogP contribution is -3.06. The van der Waals surface area contributed by atoms with Crippen LogP contribution in [0.4, 0.5) is 5.69 Å². The predicted octanol–water partition coefficient (Wildman–Crippen LogP) is 1.16.